The van der Waals surface area contributed by atoms with Gasteiger partial charge in [0.2, 0.25) is 5.91 Å². The summed E-state index contributed by atoms with van der Waals surface area (Å²) in [5, 5.41) is 17.2. The number of fused-ring (bicyclic) bond motifs is 1. The molecule has 4 rings (SSSR count). The number of carbonyl (C=O) groups excluding carboxylic acids is 1. The number of aromatic nitrogens is 2. The van der Waals surface area contributed by atoms with Crippen molar-refractivity contribution in [2.24, 2.45) is 17.8 Å². The number of nitrogens with one attached hydrogen (secondary N) is 1. The number of ether oxygens (including phenoxy) is 1. The van der Waals surface area contributed by atoms with Crippen molar-refractivity contribution in [2.75, 3.05) is 31.6 Å². The highest BCUT2D eigenvalue weighted by Gasteiger charge is 2.44. The third kappa shape index (κ3) is 10.5. The van der Waals surface area contributed by atoms with Crippen LogP contribution in [0.4, 0.5) is 32.0 Å². The van der Waals surface area contributed by atoms with Crippen LogP contribution in [0.3, 0.4) is 0 Å². The average Bonchev–Trinajstić information content (AvgIpc) is 3.27. The zero-order valence-electron chi connectivity index (χ0n) is 20.0. The van der Waals surface area contributed by atoms with Gasteiger partial charge in [0.25, 0.3) is 0 Å². The number of rotatable bonds is 4. The number of carboxylic acids is 2. The number of carbonyl (C=O) groups is 3. The van der Waals surface area contributed by atoms with Crippen molar-refractivity contribution in [1.82, 2.24) is 14.9 Å². The van der Waals surface area contributed by atoms with E-state index >= 15 is 0 Å². The highest BCUT2D eigenvalue weighted by molar-refractivity contribution is 5.92. The molecular weight excluding hydrogens is 542 g/mol. The fourth-order valence-electron chi connectivity index (χ4n) is 3.91. The first-order valence-electron chi connectivity index (χ1n) is 11.2. The smallest absolute Gasteiger partial charge is 0.475 e. The quantitative estimate of drug-likeness (QED) is 0.476. The number of halogens is 6. The van der Waals surface area contributed by atoms with Crippen molar-refractivity contribution < 1.29 is 55.7 Å². The minimum atomic E-state index is -5.08. The number of pyridine rings is 2. The summed E-state index contributed by atoms with van der Waals surface area (Å²) in [5.74, 6) is -4.85. The van der Waals surface area contributed by atoms with Crippen LogP contribution in [0.2, 0.25) is 0 Å². The van der Waals surface area contributed by atoms with Gasteiger partial charge in [0.1, 0.15) is 0 Å². The van der Waals surface area contributed by atoms with E-state index in [1.54, 1.807) is 18.6 Å². The number of hydrogen-bond acceptors (Lipinski definition) is 7. The lowest BCUT2D eigenvalue weighted by molar-refractivity contribution is -0.193. The van der Waals surface area contributed by atoms with E-state index in [0.29, 0.717) is 18.4 Å². The largest absolute Gasteiger partial charge is 0.490 e. The minimum Gasteiger partial charge on any atom is -0.475 e. The van der Waals surface area contributed by atoms with Gasteiger partial charge in [0.05, 0.1) is 31.0 Å². The van der Waals surface area contributed by atoms with E-state index in [2.05, 4.69) is 26.3 Å². The molecule has 16 heteroatoms. The first-order chi connectivity index (χ1) is 18.2. The zero-order valence-corrected chi connectivity index (χ0v) is 20.0. The van der Waals surface area contributed by atoms with Gasteiger partial charge in [-0.1, -0.05) is 6.07 Å². The van der Waals surface area contributed by atoms with Crippen LogP contribution in [-0.4, -0.2) is 81.6 Å². The van der Waals surface area contributed by atoms with E-state index in [9.17, 15) is 31.1 Å². The molecule has 2 saturated heterocycles. The van der Waals surface area contributed by atoms with E-state index in [4.69, 9.17) is 24.5 Å². The maximum atomic E-state index is 12.7. The van der Waals surface area contributed by atoms with E-state index < -0.39 is 24.3 Å². The Morgan fingerprint density at radius 3 is 1.97 bits per heavy atom. The molecule has 2 aromatic rings. The van der Waals surface area contributed by atoms with E-state index in [-0.39, 0.29) is 11.8 Å². The van der Waals surface area contributed by atoms with Crippen LogP contribution in [0.25, 0.3) is 0 Å². The summed E-state index contributed by atoms with van der Waals surface area (Å²) in [6.45, 7) is 4.00. The lowest BCUT2D eigenvalue weighted by Crippen LogP contribution is -2.41. The van der Waals surface area contributed by atoms with Crippen LogP contribution >= 0.6 is 0 Å². The molecule has 0 unspecified atom stereocenters. The molecule has 0 radical (unpaired) electrons. The molecule has 214 valence electrons. The van der Waals surface area contributed by atoms with Crippen LogP contribution < -0.4 is 5.32 Å². The van der Waals surface area contributed by atoms with Crippen LogP contribution in [0, 0.1) is 17.8 Å². The Hall–Kier alpha value is -3.79. The van der Waals surface area contributed by atoms with Crippen LogP contribution in [-0.2, 0) is 25.7 Å². The second kappa shape index (κ2) is 13.8. The number of hydrogen-bond donors (Lipinski definition) is 3. The molecule has 10 nitrogen and oxygen atoms in total. The van der Waals surface area contributed by atoms with Crippen LogP contribution in [0.15, 0.2) is 49.1 Å². The Morgan fingerprint density at radius 2 is 1.49 bits per heavy atom. The maximum Gasteiger partial charge on any atom is 0.490 e. The fraction of sp³-hybridized carbons (Fsp3) is 0.435. The zero-order chi connectivity index (χ0) is 29.2. The van der Waals surface area contributed by atoms with Gasteiger partial charge in [-0.15, -0.1) is 0 Å². The number of carboxylic acid groups (broad SMARTS) is 2. The third-order valence-electron chi connectivity index (χ3n) is 5.59. The highest BCUT2D eigenvalue weighted by Crippen LogP contribution is 2.35. The van der Waals surface area contributed by atoms with Crippen molar-refractivity contribution >= 4 is 23.5 Å². The first kappa shape index (κ1) is 31.4. The predicted molar refractivity (Wildman–Crippen MR) is 121 cm³/mol. The van der Waals surface area contributed by atoms with Gasteiger partial charge >= 0.3 is 24.3 Å². The second-order valence-corrected chi connectivity index (χ2v) is 8.46. The summed E-state index contributed by atoms with van der Waals surface area (Å²) in [6.07, 6.45) is -3.10. The van der Waals surface area contributed by atoms with Gasteiger partial charge in [-0.25, -0.2) is 9.59 Å². The average molecular weight is 566 g/mol. The van der Waals surface area contributed by atoms with Crippen molar-refractivity contribution in [3.63, 3.8) is 0 Å². The summed E-state index contributed by atoms with van der Waals surface area (Å²) in [4.78, 5) is 41.2. The number of amides is 1. The lowest BCUT2D eigenvalue weighted by atomic mass is 9.82. The molecule has 4 heterocycles. The lowest BCUT2D eigenvalue weighted by Gasteiger charge is -2.32. The molecule has 39 heavy (non-hydrogen) atoms. The molecule has 3 N–H and O–H groups in total. The minimum absolute atomic E-state index is 0.0333. The molecule has 3 atom stereocenters. The molecule has 2 fully saturated rings. The molecule has 0 saturated carbocycles. The number of alkyl halides is 6. The predicted octanol–water partition coefficient (Wildman–Crippen LogP) is 3.08. The van der Waals surface area contributed by atoms with E-state index in [0.717, 1.165) is 31.9 Å². The number of likely N-dealkylation sites (tertiary alicyclic amines) is 1. The molecule has 2 aliphatic heterocycles. The Bertz CT molecular complexity index is 1060. The summed E-state index contributed by atoms with van der Waals surface area (Å²) in [7, 11) is 0. The van der Waals surface area contributed by atoms with Gasteiger partial charge in [0.15, 0.2) is 0 Å². The molecular formula is C23H24F6N4O6. The Labute approximate surface area is 217 Å². The van der Waals surface area contributed by atoms with Crippen molar-refractivity contribution in [2.45, 2.75) is 18.9 Å². The topological polar surface area (TPSA) is 142 Å². The van der Waals surface area contributed by atoms with E-state index in [1.165, 1.54) is 5.56 Å². The van der Waals surface area contributed by atoms with E-state index in [1.807, 2.05) is 24.4 Å². The molecule has 0 aliphatic carbocycles. The number of anilines is 1. The van der Waals surface area contributed by atoms with Crippen molar-refractivity contribution in [3.8, 4) is 0 Å². The first-order valence-corrected chi connectivity index (χ1v) is 11.2. The Balaban J connectivity index is 0.000000317. The summed E-state index contributed by atoms with van der Waals surface area (Å²) in [6, 6.07) is 7.74. The molecule has 0 aromatic carbocycles. The van der Waals surface area contributed by atoms with Gasteiger partial charge < -0.3 is 20.3 Å². The van der Waals surface area contributed by atoms with Gasteiger partial charge in [-0.3, -0.25) is 19.7 Å². The second-order valence-electron chi connectivity index (χ2n) is 8.46. The van der Waals surface area contributed by atoms with Crippen molar-refractivity contribution in [1.29, 1.82) is 0 Å². The SMILES string of the molecule is O=C(Nc1cccnc1)[C@H]1COC[C@H]2CN(Cc3cccnc3)C[C@H]21.O=C(O)C(F)(F)F.O=C(O)C(F)(F)F. The Morgan fingerprint density at radius 1 is 0.923 bits per heavy atom. The summed E-state index contributed by atoms with van der Waals surface area (Å²) in [5.41, 5.74) is 1.94. The van der Waals surface area contributed by atoms with Crippen LogP contribution in [0.5, 0.6) is 0 Å². The standard InChI is InChI=1S/C19H22N4O2.2C2HF3O2/c24-19(22-16-4-2-6-21-8-16)18-13-25-12-15-10-23(11-17(15)18)9-14-3-1-5-20-7-14;2*3-2(4,5)1(6)7/h1-8,15,17-18H,9-13H2,(H,22,24);2*(H,6,7)/t15-,17-,18+;;/m1../s1. The van der Waals surface area contributed by atoms with Crippen LogP contribution in [0.1, 0.15) is 5.56 Å². The van der Waals surface area contributed by atoms with Gasteiger partial charge in [-0.05, 0) is 35.6 Å². The molecule has 0 bridgehead atoms. The Kier molecular flexibility index (Phi) is 11.2. The summed E-state index contributed by atoms with van der Waals surface area (Å²) >= 11 is 0. The molecule has 2 aliphatic rings. The maximum absolute atomic E-state index is 12.7. The molecule has 2 aromatic heterocycles. The molecule has 0 spiro atoms. The summed E-state index contributed by atoms with van der Waals surface area (Å²) < 4.78 is 69.2. The molecule has 1 amide bonds. The van der Waals surface area contributed by atoms with Crippen molar-refractivity contribution in [3.05, 3.63) is 54.6 Å². The monoisotopic (exact) mass is 566 g/mol. The van der Waals surface area contributed by atoms with Gasteiger partial charge in [0, 0.05) is 38.2 Å². The third-order valence-corrected chi connectivity index (χ3v) is 5.59. The number of nitrogens with zero attached hydrogens (tertiary/aromatic N) is 3. The number of aliphatic carboxylic acids is 2. The highest BCUT2D eigenvalue weighted by atomic mass is 19.4. The fourth-order valence-corrected chi connectivity index (χ4v) is 3.91. The normalized spacial score (nSPS) is 20.8. The van der Waals surface area contributed by atoms with Gasteiger partial charge in [-0.2, -0.15) is 26.3 Å².